The number of rotatable bonds is 5. The molecule has 0 spiro atoms. The van der Waals surface area contributed by atoms with E-state index in [4.69, 9.17) is 5.11 Å². The number of nitrogens with zero attached hydrogens (tertiary/aromatic N) is 3. The van der Waals surface area contributed by atoms with Crippen LogP contribution in [0.3, 0.4) is 0 Å². The number of carboxylic acids is 1. The van der Waals surface area contributed by atoms with Gasteiger partial charge >= 0.3 is 11.7 Å². The SMILES string of the molecule is CC(CNC(=O)Cn1nc2ccccn2c1=O)C(=O)O. The molecule has 20 heavy (non-hydrogen) atoms. The molecule has 0 aliphatic heterocycles. The number of nitrogens with one attached hydrogen (secondary N) is 1. The summed E-state index contributed by atoms with van der Waals surface area (Å²) in [6.45, 7) is 1.25. The van der Waals surface area contributed by atoms with Crippen LogP contribution in [0.5, 0.6) is 0 Å². The van der Waals surface area contributed by atoms with Gasteiger partial charge in [-0.15, -0.1) is 5.10 Å². The summed E-state index contributed by atoms with van der Waals surface area (Å²) in [6.07, 6.45) is 1.56. The van der Waals surface area contributed by atoms with Crippen LogP contribution >= 0.6 is 0 Å². The van der Waals surface area contributed by atoms with Crippen LogP contribution in [-0.2, 0) is 16.1 Å². The molecule has 2 aromatic rings. The van der Waals surface area contributed by atoms with Gasteiger partial charge in [0.2, 0.25) is 5.91 Å². The second-order valence-electron chi connectivity index (χ2n) is 4.41. The Morgan fingerprint density at radius 2 is 2.20 bits per heavy atom. The molecule has 0 aliphatic carbocycles. The number of aromatic nitrogens is 3. The van der Waals surface area contributed by atoms with Crippen LogP contribution in [0.25, 0.3) is 5.65 Å². The van der Waals surface area contributed by atoms with Crippen LogP contribution in [0.15, 0.2) is 29.2 Å². The van der Waals surface area contributed by atoms with Gasteiger partial charge in [0.1, 0.15) is 6.54 Å². The molecule has 0 radical (unpaired) electrons. The average Bonchev–Trinajstić information content (AvgIpc) is 2.73. The molecule has 2 rings (SSSR count). The quantitative estimate of drug-likeness (QED) is 0.754. The maximum absolute atomic E-state index is 11.9. The van der Waals surface area contributed by atoms with Crippen molar-refractivity contribution in [2.75, 3.05) is 6.54 Å². The van der Waals surface area contributed by atoms with Gasteiger partial charge < -0.3 is 10.4 Å². The molecule has 2 aromatic heterocycles. The monoisotopic (exact) mass is 278 g/mol. The van der Waals surface area contributed by atoms with Gasteiger partial charge in [0.05, 0.1) is 5.92 Å². The van der Waals surface area contributed by atoms with Crippen molar-refractivity contribution in [3.63, 3.8) is 0 Å². The van der Waals surface area contributed by atoms with E-state index in [9.17, 15) is 14.4 Å². The molecule has 0 aromatic carbocycles. The standard InChI is InChI=1S/C12H14N4O4/c1-8(11(18)19)6-13-10(17)7-16-12(20)15-5-3-2-4-9(15)14-16/h2-5,8H,6-7H2,1H3,(H,13,17)(H,18,19). The van der Waals surface area contributed by atoms with Crippen LogP contribution in [0.1, 0.15) is 6.92 Å². The molecule has 106 valence electrons. The maximum Gasteiger partial charge on any atom is 0.350 e. The maximum atomic E-state index is 11.9. The Morgan fingerprint density at radius 1 is 1.45 bits per heavy atom. The first kappa shape index (κ1) is 13.8. The van der Waals surface area contributed by atoms with Gasteiger partial charge in [0.15, 0.2) is 5.65 Å². The zero-order valence-electron chi connectivity index (χ0n) is 10.8. The van der Waals surface area contributed by atoms with E-state index in [0.29, 0.717) is 5.65 Å². The fourth-order valence-electron chi connectivity index (χ4n) is 1.62. The third-order valence-electron chi connectivity index (χ3n) is 2.81. The highest BCUT2D eigenvalue weighted by atomic mass is 16.4. The number of amides is 1. The molecule has 2 heterocycles. The van der Waals surface area contributed by atoms with E-state index in [1.54, 1.807) is 24.4 Å². The molecule has 1 amide bonds. The molecule has 8 nitrogen and oxygen atoms in total. The van der Waals surface area contributed by atoms with E-state index in [-0.39, 0.29) is 13.1 Å². The largest absolute Gasteiger partial charge is 0.481 e. The molecule has 8 heteroatoms. The molecular formula is C12H14N4O4. The fourth-order valence-corrected chi connectivity index (χ4v) is 1.62. The Balaban J connectivity index is 2.05. The summed E-state index contributed by atoms with van der Waals surface area (Å²) in [5.74, 6) is -2.13. The molecule has 0 fully saturated rings. The average molecular weight is 278 g/mol. The molecule has 1 atom stereocenters. The first-order chi connectivity index (χ1) is 9.49. The number of fused-ring (bicyclic) bond motifs is 1. The Morgan fingerprint density at radius 3 is 2.85 bits per heavy atom. The van der Waals surface area contributed by atoms with E-state index >= 15 is 0 Å². The van der Waals surface area contributed by atoms with Gasteiger partial charge in [-0.25, -0.2) is 9.48 Å². The number of aliphatic carboxylic acids is 1. The van der Waals surface area contributed by atoms with E-state index in [1.165, 1.54) is 11.3 Å². The minimum atomic E-state index is -0.991. The summed E-state index contributed by atoms with van der Waals surface area (Å²) in [5, 5.41) is 15.2. The lowest BCUT2D eigenvalue weighted by Gasteiger charge is -2.07. The Bertz CT molecular complexity index is 703. The van der Waals surface area contributed by atoms with Crippen LogP contribution < -0.4 is 11.0 Å². The molecule has 0 aliphatic rings. The van der Waals surface area contributed by atoms with Crippen molar-refractivity contribution in [2.24, 2.45) is 5.92 Å². The minimum Gasteiger partial charge on any atom is -0.481 e. The van der Waals surface area contributed by atoms with Gasteiger partial charge in [-0.3, -0.25) is 14.0 Å². The van der Waals surface area contributed by atoms with Gasteiger partial charge in [-0.05, 0) is 12.1 Å². The summed E-state index contributed by atoms with van der Waals surface area (Å²) < 4.78 is 2.36. The third kappa shape index (κ3) is 2.85. The van der Waals surface area contributed by atoms with Gasteiger partial charge in [-0.2, -0.15) is 0 Å². The number of carbonyl (C=O) groups excluding carboxylic acids is 1. The van der Waals surface area contributed by atoms with Crippen LogP contribution in [0.2, 0.25) is 0 Å². The van der Waals surface area contributed by atoms with Crippen LogP contribution in [0, 0.1) is 5.92 Å². The van der Waals surface area contributed by atoms with Crippen molar-refractivity contribution in [2.45, 2.75) is 13.5 Å². The van der Waals surface area contributed by atoms with E-state index in [2.05, 4.69) is 10.4 Å². The number of carboxylic acid groups (broad SMARTS) is 1. The lowest BCUT2D eigenvalue weighted by Crippen LogP contribution is -2.36. The highest BCUT2D eigenvalue weighted by Gasteiger charge is 2.14. The van der Waals surface area contributed by atoms with E-state index < -0.39 is 23.5 Å². The normalized spacial score (nSPS) is 12.2. The molecule has 0 saturated heterocycles. The van der Waals surface area contributed by atoms with E-state index in [0.717, 1.165) is 4.68 Å². The van der Waals surface area contributed by atoms with Gasteiger partial charge in [0, 0.05) is 12.7 Å². The van der Waals surface area contributed by atoms with Crippen molar-refractivity contribution in [1.82, 2.24) is 19.5 Å². The Hall–Kier alpha value is -2.64. The Kier molecular flexibility index (Phi) is 3.83. The highest BCUT2D eigenvalue weighted by Crippen LogP contribution is 1.95. The summed E-state index contributed by atoms with van der Waals surface area (Å²) in [7, 11) is 0. The predicted molar refractivity (Wildman–Crippen MR) is 69.3 cm³/mol. The zero-order valence-corrected chi connectivity index (χ0v) is 10.8. The van der Waals surface area contributed by atoms with Crippen molar-refractivity contribution in [1.29, 1.82) is 0 Å². The first-order valence-corrected chi connectivity index (χ1v) is 6.02. The van der Waals surface area contributed by atoms with Crippen LogP contribution in [0.4, 0.5) is 0 Å². The molecule has 0 saturated carbocycles. The Labute approximate surface area is 113 Å². The van der Waals surface area contributed by atoms with Crippen molar-refractivity contribution < 1.29 is 14.7 Å². The van der Waals surface area contributed by atoms with Crippen LogP contribution in [-0.4, -0.2) is 37.7 Å². The summed E-state index contributed by atoms with van der Waals surface area (Å²) in [6, 6.07) is 5.08. The molecule has 0 bridgehead atoms. The summed E-state index contributed by atoms with van der Waals surface area (Å²) >= 11 is 0. The van der Waals surface area contributed by atoms with Crippen molar-refractivity contribution in [3.05, 3.63) is 34.9 Å². The number of hydrogen-bond acceptors (Lipinski definition) is 4. The smallest absolute Gasteiger partial charge is 0.350 e. The highest BCUT2D eigenvalue weighted by molar-refractivity contribution is 5.77. The molecule has 2 N–H and O–H groups in total. The van der Waals surface area contributed by atoms with Gasteiger partial charge in [-0.1, -0.05) is 13.0 Å². The third-order valence-corrected chi connectivity index (χ3v) is 2.81. The lowest BCUT2D eigenvalue weighted by atomic mass is 10.2. The first-order valence-electron chi connectivity index (χ1n) is 6.02. The van der Waals surface area contributed by atoms with E-state index in [1.807, 2.05) is 0 Å². The number of pyridine rings is 1. The number of hydrogen-bond donors (Lipinski definition) is 2. The topological polar surface area (TPSA) is 106 Å². The summed E-state index contributed by atoms with van der Waals surface area (Å²) in [5.41, 5.74) is 0.0336. The van der Waals surface area contributed by atoms with Crippen molar-refractivity contribution in [3.8, 4) is 0 Å². The second kappa shape index (κ2) is 5.55. The molecule has 1 unspecified atom stereocenters. The minimum absolute atomic E-state index is 0.0102. The molecular weight excluding hydrogens is 264 g/mol. The fraction of sp³-hybridized carbons (Fsp3) is 0.333. The zero-order chi connectivity index (χ0) is 14.7. The van der Waals surface area contributed by atoms with Gasteiger partial charge in [0.25, 0.3) is 0 Å². The second-order valence-corrected chi connectivity index (χ2v) is 4.41. The number of carbonyl (C=O) groups is 2. The lowest BCUT2D eigenvalue weighted by molar-refractivity contribution is -0.141. The van der Waals surface area contributed by atoms with Crippen molar-refractivity contribution >= 4 is 17.5 Å². The predicted octanol–water partition coefficient (Wildman–Crippen LogP) is -0.667. The summed E-state index contributed by atoms with van der Waals surface area (Å²) in [4.78, 5) is 34.2.